The van der Waals surface area contributed by atoms with Crippen molar-refractivity contribution in [1.29, 1.82) is 0 Å². The molecule has 0 spiro atoms. The average Bonchev–Trinajstić information content (AvgIpc) is 2.56. The molecule has 0 radical (unpaired) electrons. The molecule has 1 atom stereocenters. The summed E-state index contributed by atoms with van der Waals surface area (Å²) in [5.41, 5.74) is 1.16. The van der Waals surface area contributed by atoms with Crippen molar-refractivity contribution in [3.8, 4) is 5.75 Å². The van der Waals surface area contributed by atoms with Gasteiger partial charge in [0.05, 0.1) is 5.39 Å². The Labute approximate surface area is 176 Å². The Hall–Kier alpha value is -2.83. The lowest BCUT2D eigenvalue weighted by Crippen LogP contribution is -2.45. The SMILES string of the molecule is Cc1cc(OC(=O)[C@@H](CC(C)C)NC(=O)OC(C)(C)C)c2c(C)c(C)c(=O)oc2c1. The monoisotopic (exact) mass is 417 g/mol. The summed E-state index contributed by atoms with van der Waals surface area (Å²) in [5.74, 6) is -0.183. The van der Waals surface area contributed by atoms with Crippen LogP contribution >= 0.6 is 0 Å². The van der Waals surface area contributed by atoms with E-state index in [2.05, 4.69) is 5.32 Å². The number of benzene rings is 1. The number of amides is 1. The highest BCUT2D eigenvalue weighted by Gasteiger charge is 2.27. The lowest BCUT2D eigenvalue weighted by molar-refractivity contribution is -0.137. The van der Waals surface area contributed by atoms with Crippen molar-refractivity contribution in [3.05, 3.63) is 39.2 Å². The van der Waals surface area contributed by atoms with Crippen LogP contribution in [0.25, 0.3) is 11.0 Å². The smallest absolute Gasteiger partial charge is 0.408 e. The second-order valence-electron chi connectivity index (χ2n) is 9.03. The molecule has 0 aliphatic carbocycles. The Kier molecular flexibility index (Phi) is 6.95. The van der Waals surface area contributed by atoms with E-state index in [4.69, 9.17) is 13.9 Å². The molecule has 2 aromatic rings. The summed E-state index contributed by atoms with van der Waals surface area (Å²) in [6, 6.07) is 2.56. The number of carbonyl (C=O) groups is 2. The van der Waals surface area contributed by atoms with Crippen molar-refractivity contribution in [2.75, 3.05) is 0 Å². The van der Waals surface area contributed by atoms with E-state index in [-0.39, 0.29) is 5.92 Å². The number of fused-ring (bicyclic) bond motifs is 1. The molecule has 1 aromatic heterocycles. The molecule has 0 bridgehead atoms. The van der Waals surface area contributed by atoms with Gasteiger partial charge in [0.25, 0.3) is 0 Å². The first kappa shape index (κ1) is 23.4. The topological polar surface area (TPSA) is 94.8 Å². The van der Waals surface area contributed by atoms with Crippen molar-refractivity contribution in [2.24, 2.45) is 5.92 Å². The number of carbonyl (C=O) groups excluding carboxylic acids is 2. The number of nitrogens with one attached hydrogen (secondary N) is 1. The predicted molar refractivity (Wildman–Crippen MR) is 115 cm³/mol. The first-order chi connectivity index (χ1) is 13.8. The molecule has 164 valence electrons. The van der Waals surface area contributed by atoms with Gasteiger partial charge in [0.15, 0.2) is 0 Å². The number of rotatable bonds is 5. The molecule has 2 rings (SSSR count). The minimum Gasteiger partial charge on any atom is -0.444 e. The number of alkyl carbamates (subject to hydrolysis) is 1. The fourth-order valence-corrected chi connectivity index (χ4v) is 3.08. The molecule has 0 aliphatic rings. The summed E-state index contributed by atoms with van der Waals surface area (Å²) in [6.45, 7) is 14.4. The van der Waals surface area contributed by atoms with Gasteiger partial charge in [-0.1, -0.05) is 13.8 Å². The van der Waals surface area contributed by atoms with E-state index in [9.17, 15) is 14.4 Å². The number of ether oxygens (including phenoxy) is 2. The maximum absolute atomic E-state index is 13.0. The summed E-state index contributed by atoms with van der Waals surface area (Å²) in [7, 11) is 0. The van der Waals surface area contributed by atoms with Crippen LogP contribution in [0.5, 0.6) is 5.75 Å². The summed E-state index contributed by atoms with van der Waals surface area (Å²) >= 11 is 0. The van der Waals surface area contributed by atoms with Gasteiger partial charge in [0.1, 0.15) is 23.0 Å². The molecule has 0 unspecified atom stereocenters. The molecule has 0 saturated heterocycles. The van der Waals surface area contributed by atoms with E-state index < -0.39 is 29.3 Å². The van der Waals surface area contributed by atoms with Crippen molar-refractivity contribution in [2.45, 2.75) is 73.5 Å². The van der Waals surface area contributed by atoms with E-state index in [1.807, 2.05) is 20.8 Å². The van der Waals surface area contributed by atoms with Gasteiger partial charge in [-0.15, -0.1) is 0 Å². The first-order valence-corrected chi connectivity index (χ1v) is 10.0. The maximum atomic E-state index is 13.0. The number of esters is 1. The van der Waals surface area contributed by atoms with Gasteiger partial charge in [-0.2, -0.15) is 0 Å². The first-order valence-electron chi connectivity index (χ1n) is 10.0. The normalized spacial score (nSPS) is 12.7. The fraction of sp³-hybridized carbons (Fsp3) is 0.522. The number of hydrogen-bond acceptors (Lipinski definition) is 6. The fourth-order valence-electron chi connectivity index (χ4n) is 3.08. The summed E-state index contributed by atoms with van der Waals surface area (Å²) < 4.78 is 16.4. The molecule has 7 nitrogen and oxygen atoms in total. The molecular formula is C23H31NO6. The molecule has 7 heteroatoms. The zero-order chi connectivity index (χ0) is 22.8. The minimum absolute atomic E-state index is 0.133. The van der Waals surface area contributed by atoms with Crippen LogP contribution in [0.4, 0.5) is 4.79 Å². The number of aryl methyl sites for hydroxylation is 2. The minimum atomic E-state index is -0.882. The Morgan fingerprint density at radius 2 is 1.73 bits per heavy atom. The largest absolute Gasteiger partial charge is 0.444 e. The zero-order valence-corrected chi connectivity index (χ0v) is 19.0. The molecular weight excluding hydrogens is 386 g/mol. The Morgan fingerprint density at radius 3 is 2.30 bits per heavy atom. The van der Waals surface area contributed by atoms with Crippen molar-refractivity contribution >= 4 is 23.0 Å². The van der Waals surface area contributed by atoms with Crippen LogP contribution in [-0.4, -0.2) is 23.7 Å². The summed E-state index contributed by atoms with van der Waals surface area (Å²) in [5, 5.41) is 3.18. The van der Waals surface area contributed by atoms with Crippen molar-refractivity contribution in [3.63, 3.8) is 0 Å². The van der Waals surface area contributed by atoms with Crippen LogP contribution in [0.2, 0.25) is 0 Å². The van der Waals surface area contributed by atoms with Gasteiger partial charge in [0, 0.05) is 5.56 Å². The van der Waals surface area contributed by atoms with Crippen LogP contribution in [0.1, 0.15) is 57.7 Å². The van der Waals surface area contributed by atoms with E-state index in [1.54, 1.807) is 46.8 Å². The Morgan fingerprint density at radius 1 is 1.10 bits per heavy atom. The highest BCUT2D eigenvalue weighted by atomic mass is 16.6. The third kappa shape index (κ3) is 5.84. The highest BCUT2D eigenvalue weighted by Crippen LogP contribution is 2.31. The van der Waals surface area contributed by atoms with Gasteiger partial charge in [-0.3, -0.25) is 0 Å². The molecule has 30 heavy (non-hydrogen) atoms. The lowest BCUT2D eigenvalue weighted by atomic mass is 10.0. The number of hydrogen-bond donors (Lipinski definition) is 1. The molecule has 0 saturated carbocycles. The average molecular weight is 418 g/mol. The third-order valence-electron chi connectivity index (χ3n) is 4.55. The van der Waals surface area contributed by atoms with Crippen LogP contribution < -0.4 is 15.7 Å². The second kappa shape index (κ2) is 8.90. The van der Waals surface area contributed by atoms with E-state index in [1.165, 1.54) is 0 Å². The Balaban J connectivity index is 2.39. The van der Waals surface area contributed by atoms with Gasteiger partial charge < -0.3 is 19.2 Å². The summed E-state index contributed by atoms with van der Waals surface area (Å²) in [4.78, 5) is 37.2. The maximum Gasteiger partial charge on any atom is 0.408 e. The summed E-state index contributed by atoms with van der Waals surface area (Å²) in [6.07, 6.45) is -0.299. The zero-order valence-electron chi connectivity index (χ0n) is 19.0. The van der Waals surface area contributed by atoms with Crippen LogP contribution in [0.3, 0.4) is 0 Å². The van der Waals surface area contributed by atoms with Crippen molar-refractivity contribution in [1.82, 2.24) is 5.32 Å². The quantitative estimate of drug-likeness (QED) is 0.435. The molecule has 0 aliphatic heterocycles. The van der Waals surface area contributed by atoms with Gasteiger partial charge >= 0.3 is 17.7 Å². The van der Waals surface area contributed by atoms with Crippen molar-refractivity contribution < 1.29 is 23.5 Å². The highest BCUT2D eigenvalue weighted by molar-refractivity contribution is 5.92. The van der Waals surface area contributed by atoms with Crippen LogP contribution in [-0.2, 0) is 9.53 Å². The second-order valence-corrected chi connectivity index (χ2v) is 9.03. The van der Waals surface area contributed by atoms with E-state index in [0.717, 1.165) is 5.56 Å². The predicted octanol–water partition coefficient (Wildman–Crippen LogP) is 4.56. The van der Waals surface area contributed by atoms with Gasteiger partial charge in [0.2, 0.25) is 0 Å². The lowest BCUT2D eigenvalue weighted by Gasteiger charge is -2.24. The Bertz CT molecular complexity index is 1010. The molecule has 1 aromatic carbocycles. The standard InChI is InChI=1S/C23H31NO6/c1-12(2)9-16(24-22(27)30-23(6,7)8)21(26)29-18-11-13(3)10-17-19(18)14(4)15(5)20(25)28-17/h10-12,16H,9H2,1-8H3,(H,24,27)/t16-/m1/s1. The van der Waals surface area contributed by atoms with Crippen LogP contribution in [0, 0.1) is 26.7 Å². The van der Waals surface area contributed by atoms with Gasteiger partial charge in [-0.05, 0) is 77.1 Å². The molecule has 0 fully saturated rings. The molecule has 1 N–H and O–H groups in total. The third-order valence-corrected chi connectivity index (χ3v) is 4.55. The van der Waals surface area contributed by atoms with Gasteiger partial charge in [-0.25, -0.2) is 14.4 Å². The van der Waals surface area contributed by atoms with Crippen LogP contribution in [0.15, 0.2) is 21.3 Å². The molecule has 1 heterocycles. The van der Waals surface area contributed by atoms with E-state index >= 15 is 0 Å². The molecule has 1 amide bonds. The van der Waals surface area contributed by atoms with E-state index in [0.29, 0.717) is 34.3 Å².